The van der Waals surface area contributed by atoms with Crippen LogP contribution >= 0.6 is 0 Å². The topological polar surface area (TPSA) is 78.5 Å². The van der Waals surface area contributed by atoms with Crippen molar-refractivity contribution in [3.8, 4) is 0 Å². The average molecular weight is 267 g/mol. The molecule has 2 fully saturated rings. The summed E-state index contributed by atoms with van der Waals surface area (Å²) in [6, 6.07) is -0.512. The zero-order chi connectivity index (χ0) is 14.0. The molecule has 0 spiro atoms. The van der Waals surface area contributed by atoms with Crippen LogP contribution in [0.15, 0.2) is 0 Å². The lowest BCUT2D eigenvalue weighted by Crippen LogP contribution is -2.61. The van der Waals surface area contributed by atoms with Crippen LogP contribution in [-0.4, -0.2) is 48.3 Å². The first-order valence-electron chi connectivity index (χ1n) is 6.87. The molecule has 0 radical (unpaired) electrons. The summed E-state index contributed by atoms with van der Waals surface area (Å²) < 4.78 is 0. The Hall–Kier alpha value is -1.43. The van der Waals surface area contributed by atoms with Gasteiger partial charge in [0.2, 0.25) is 17.7 Å². The van der Waals surface area contributed by atoms with E-state index in [1.807, 2.05) is 6.92 Å². The van der Waals surface area contributed by atoms with Crippen molar-refractivity contribution in [1.29, 1.82) is 0 Å². The van der Waals surface area contributed by atoms with Crippen LogP contribution in [0.25, 0.3) is 0 Å². The van der Waals surface area contributed by atoms with E-state index in [0.717, 1.165) is 13.0 Å². The maximum atomic E-state index is 12.5. The molecule has 19 heavy (non-hydrogen) atoms. The van der Waals surface area contributed by atoms with Gasteiger partial charge in [-0.1, -0.05) is 13.8 Å². The molecule has 2 rings (SSSR count). The van der Waals surface area contributed by atoms with Gasteiger partial charge in [0.15, 0.2) is 0 Å². The van der Waals surface area contributed by atoms with E-state index in [1.165, 1.54) is 4.90 Å². The summed E-state index contributed by atoms with van der Waals surface area (Å²) in [7, 11) is 0. The van der Waals surface area contributed by atoms with Crippen molar-refractivity contribution in [2.75, 3.05) is 19.6 Å². The van der Waals surface area contributed by atoms with Crippen LogP contribution < -0.4 is 10.6 Å². The number of carbonyl (C=O) groups is 3. The predicted octanol–water partition coefficient (Wildman–Crippen LogP) is -0.504. The summed E-state index contributed by atoms with van der Waals surface area (Å²) in [6.07, 6.45) is 1.34. The number of amides is 3. The SMILES string of the molecule is CCC1C(=O)NC(=O)CN1C(=O)C1CNCC(C)C1. The molecule has 6 heteroatoms. The van der Waals surface area contributed by atoms with Crippen LogP contribution in [0.5, 0.6) is 0 Å². The van der Waals surface area contributed by atoms with Gasteiger partial charge in [0.05, 0.1) is 5.92 Å². The van der Waals surface area contributed by atoms with E-state index in [0.29, 0.717) is 18.9 Å². The molecule has 0 aliphatic carbocycles. The van der Waals surface area contributed by atoms with Crippen LogP contribution in [0, 0.1) is 11.8 Å². The van der Waals surface area contributed by atoms with E-state index in [4.69, 9.17) is 0 Å². The van der Waals surface area contributed by atoms with Crippen molar-refractivity contribution in [3.05, 3.63) is 0 Å². The first-order chi connectivity index (χ1) is 9.02. The quantitative estimate of drug-likeness (QED) is 0.661. The third kappa shape index (κ3) is 2.94. The van der Waals surface area contributed by atoms with E-state index in [-0.39, 0.29) is 30.2 Å². The molecule has 2 aliphatic heterocycles. The number of nitrogens with zero attached hydrogens (tertiary/aromatic N) is 1. The van der Waals surface area contributed by atoms with E-state index in [9.17, 15) is 14.4 Å². The minimum absolute atomic E-state index is 0.00599. The molecule has 3 unspecified atom stereocenters. The number of piperidine rings is 1. The Morgan fingerprint density at radius 1 is 1.37 bits per heavy atom. The largest absolute Gasteiger partial charge is 0.321 e. The molecule has 2 aliphatic rings. The van der Waals surface area contributed by atoms with Gasteiger partial charge in [-0.3, -0.25) is 19.7 Å². The summed E-state index contributed by atoms with van der Waals surface area (Å²) in [4.78, 5) is 37.2. The minimum Gasteiger partial charge on any atom is -0.321 e. The molecule has 2 N–H and O–H groups in total. The van der Waals surface area contributed by atoms with Crippen molar-refractivity contribution in [2.24, 2.45) is 11.8 Å². The van der Waals surface area contributed by atoms with Crippen LogP contribution in [-0.2, 0) is 14.4 Å². The number of imide groups is 1. The van der Waals surface area contributed by atoms with Crippen LogP contribution in [0.4, 0.5) is 0 Å². The number of rotatable bonds is 2. The number of piperazine rings is 1. The van der Waals surface area contributed by atoms with E-state index >= 15 is 0 Å². The standard InChI is InChI=1S/C13H21N3O3/c1-3-10-12(18)15-11(17)7-16(10)13(19)9-4-8(2)5-14-6-9/h8-10,14H,3-7H2,1-2H3,(H,15,17,18). The molecule has 3 atom stereocenters. The highest BCUT2D eigenvalue weighted by Gasteiger charge is 2.38. The first kappa shape index (κ1) is 14.0. The van der Waals surface area contributed by atoms with Crippen LogP contribution in [0.3, 0.4) is 0 Å². The van der Waals surface area contributed by atoms with Gasteiger partial charge < -0.3 is 10.2 Å². The first-order valence-corrected chi connectivity index (χ1v) is 6.87. The highest BCUT2D eigenvalue weighted by atomic mass is 16.2. The van der Waals surface area contributed by atoms with Crippen molar-refractivity contribution in [3.63, 3.8) is 0 Å². The second kappa shape index (κ2) is 5.69. The van der Waals surface area contributed by atoms with Gasteiger partial charge in [0, 0.05) is 6.54 Å². The lowest BCUT2D eigenvalue weighted by atomic mass is 9.90. The highest BCUT2D eigenvalue weighted by molar-refractivity contribution is 6.04. The monoisotopic (exact) mass is 267 g/mol. The molecule has 0 saturated carbocycles. The summed E-state index contributed by atoms with van der Waals surface area (Å²) in [5.41, 5.74) is 0. The van der Waals surface area contributed by atoms with Gasteiger partial charge in [-0.2, -0.15) is 0 Å². The number of hydrogen-bond donors (Lipinski definition) is 2. The Balaban J connectivity index is 2.11. The molecule has 0 aromatic carbocycles. The molecular formula is C13H21N3O3. The van der Waals surface area contributed by atoms with Gasteiger partial charge in [-0.05, 0) is 25.3 Å². The predicted molar refractivity (Wildman–Crippen MR) is 69.1 cm³/mol. The zero-order valence-electron chi connectivity index (χ0n) is 11.4. The molecule has 0 aromatic heterocycles. The number of nitrogens with one attached hydrogen (secondary N) is 2. The summed E-state index contributed by atoms with van der Waals surface area (Å²) in [5, 5.41) is 5.52. The van der Waals surface area contributed by atoms with Gasteiger partial charge >= 0.3 is 0 Å². The van der Waals surface area contributed by atoms with Crippen LogP contribution in [0.2, 0.25) is 0 Å². The summed E-state index contributed by atoms with van der Waals surface area (Å²) >= 11 is 0. The molecule has 2 heterocycles. The third-order valence-electron chi connectivity index (χ3n) is 3.84. The fourth-order valence-electron chi connectivity index (χ4n) is 2.88. The Bertz CT molecular complexity index is 397. The normalized spacial score (nSPS) is 32.1. The van der Waals surface area contributed by atoms with Gasteiger partial charge in [0.1, 0.15) is 12.6 Å². The van der Waals surface area contributed by atoms with Gasteiger partial charge in [-0.25, -0.2) is 0 Å². The second-order valence-corrected chi connectivity index (χ2v) is 5.50. The Kier molecular flexibility index (Phi) is 4.19. The molecule has 3 amide bonds. The maximum Gasteiger partial charge on any atom is 0.249 e. The lowest BCUT2D eigenvalue weighted by Gasteiger charge is -2.37. The lowest BCUT2D eigenvalue weighted by molar-refractivity contribution is -0.152. The Labute approximate surface area is 112 Å². The minimum atomic E-state index is -0.512. The summed E-state index contributed by atoms with van der Waals surface area (Å²) in [5.74, 6) is -0.508. The number of hydrogen-bond acceptors (Lipinski definition) is 4. The average Bonchev–Trinajstić information content (AvgIpc) is 2.37. The highest BCUT2D eigenvalue weighted by Crippen LogP contribution is 2.21. The van der Waals surface area contributed by atoms with Crippen molar-refractivity contribution in [1.82, 2.24) is 15.5 Å². The molecule has 6 nitrogen and oxygen atoms in total. The Morgan fingerprint density at radius 3 is 2.74 bits per heavy atom. The number of carbonyl (C=O) groups excluding carboxylic acids is 3. The Morgan fingerprint density at radius 2 is 2.11 bits per heavy atom. The van der Waals surface area contributed by atoms with Crippen molar-refractivity contribution < 1.29 is 14.4 Å². The third-order valence-corrected chi connectivity index (χ3v) is 3.84. The molecule has 0 aromatic rings. The maximum absolute atomic E-state index is 12.5. The van der Waals surface area contributed by atoms with Crippen LogP contribution in [0.1, 0.15) is 26.7 Å². The van der Waals surface area contributed by atoms with E-state index < -0.39 is 6.04 Å². The summed E-state index contributed by atoms with van der Waals surface area (Å²) in [6.45, 7) is 5.49. The van der Waals surface area contributed by atoms with E-state index in [2.05, 4.69) is 17.6 Å². The zero-order valence-corrected chi connectivity index (χ0v) is 11.4. The second-order valence-electron chi connectivity index (χ2n) is 5.50. The fourth-order valence-corrected chi connectivity index (χ4v) is 2.88. The van der Waals surface area contributed by atoms with Gasteiger partial charge in [-0.15, -0.1) is 0 Å². The van der Waals surface area contributed by atoms with Crippen molar-refractivity contribution >= 4 is 17.7 Å². The van der Waals surface area contributed by atoms with Crippen molar-refractivity contribution in [2.45, 2.75) is 32.7 Å². The molecule has 0 bridgehead atoms. The molecule has 2 saturated heterocycles. The fraction of sp³-hybridized carbons (Fsp3) is 0.769. The molecular weight excluding hydrogens is 246 g/mol. The van der Waals surface area contributed by atoms with Gasteiger partial charge in [0.25, 0.3) is 0 Å². The smallest absolute Gasteiger partial charge is 0.249 e. The molecule has 106 valence electrons. The van der Waals surface area contributed by atoms with E-state index in [1.54, 1.807) is 0 Å².